The molecular weight excluding hydrogens is 338 g/mol. The maximum absolute atomic E-state index is 12.2. The molecule has 1 N–H and O–H groups in total. The van der Waals surface area contributed by atoms with Crippen molar-refractivity contribution in [1.29, 1.82) is 0 Å². The van der Waals surface area contributed by atoms with Gasteiger partial charge in [-0.05, 0) is 30.4 Å². The Labute approximate surface area is 160 Å². The van der Waals surface area contributed by atoms with E-state index in [1.807, 2.05) is 6.07 Å². The monoisotopic (exact) mass is 367 g/mol. The highest BCUT2D eigenvalue weighted by atomic mass is 16.5. The van der Waals surface area contributed by atoms with Gasteiger partial charge in [0.1, 0.15) is 5.82 Å². The average molecular weight is 367 g/mol. The minimum absolute atomic E-state index is 0.0527. The summed E-state index contributed by atoms with van der Waals surface area (Å²) in [5.74, 6) is 1.38. The van der Waals surface area contributed by atoms with Crippen LogP contribution in [0.1, 0.15) is 43.4 Å². The van der Waals surface area contributed by atoms with Gasteiger partial charge < -0.3 is 9.72 Å². The van der Waals surface area contributed by atoms with Gasteiger partial charge in [-0.25, -0.2) is 4.98 Å². The van der Waals surface area contributed by atoms with Gasteiger partial charge in [0.2, 0.25) is 0 Å². The number of aromatic amines is 1. The summed E-state index contributed by atoms with van der Waals surface area (Å²) in [4.78, 5) is 22.3. The Hall–Kier alpha value is -1.98. The zero-order chi connectivity index (χ0) is 18.5. The van der Waals surface area contributed by atoms with Crippen LogP contribution in [0.4, 0.5) is 0 Å². The molecule has 144 valence electrons. The van der Waals surface area contributed by atoms with Crippen molar-refractivity contribution in [3.63, 3.8) is 0 Å². The molecule has 0 radical (unpaired) electrons. The van der Waals surface area contributed by atoms with Crippen LogP contribution < -0.4 is 5.56 Å². The Kier molecular flexibility index (Phi) is 6.00. The van der Waals surface area contributed by atoms with E-state index in [9.17, 15) is 4.79 Å². The van der Waals surface area contributed by atoms with E-state index in [1.54, 1.807) is 6.07 Å². The first-order chi connectivity index (χ1) is 13.3. The number of nitrogens with zero attached hydrogens (tertiary/aromatic N) is 2. The number of aromatic nitrogens is 2. The maximum atomic E-state index is 12.2. The quantitative estimate of drug-likeness (QED) is 0.880. The van der Waals surface area contributed by atoms with E-state index in [1.165, 1.54) is 31.2 Å². The van der Waals surface area contributed by atoms with E-state index in [0.717, 1.165) is 56.9 Å². The molecule has 2 heterocycles. The first kappa shape index (κ1) is 18.4. The van der Waals surface area contributed by atoms with Crippen LogP contribution in [0, 0.1) is 5.92 Å². The molecule has 1 aliphatic carbocycles. The van der Waals surface area contributed by atoms with Gasteiger partial charge in [-0.3, -0.25) is 9.69 Å². The number of ether oxygens (including phenoxy) is 1. The zero-order valence-electron chi connectivity index (χ0n) is 16.0. The number of nitrogens with one attached hydrogen (secondary N) is 1. The summed E-state index contributed by atoms with van der Waals surface area (Å²) in [5.41, 5.74) is 3.11. The number of benzene rings is 1. The smallest absolute Gasteiger partial charge is 0.251 e. The second-order valence-corrected chi connectivity index (χ2v) is 7.88. The highest BCUT2D eigenvalue weighted by Crippen LogP contribution is 2.27. The van der Waals surface area contributed by atoms with Crippen molar-refractivity contribution in [2.45, 2.75) is 45.1 Å². The van der Waals surface area contributed by atoms with Crippen LogP contribution in [0.5, 0.6) is 0 Å². The summed E-state index contributed by atoms with van der Waals surface area (Å²) in [6.45, 7) is 4.60. The highest BCUT2D eigenvalue weighted by Gasteiger charge is 2.17. The Balaban J connectivity index is 1.52. The number of H-pyrrole nitrogens is 1. The molecule has 0 unspecified atom stereocenters. The van der Waals surface area contributed by atoms with Crippen LogP contribution in [0.3, 0.4) is 0 Å². The minimum atomic E-state index is -0.0527. The normalized spacial score (nSPS) is 19.3. The third kappa shape index (κ3) is 5.05. The van der Waals surface area contributed by atoms with Crippen molar-refractivity contribution >= 4 is 0 Å². The third-order valence-electron chi connectivity index (χ3n) is 5.69. The molecule has 5 nitrogen and oxygen atoms in total. The largest absolute Gasteiger partial charge is 0.380 e. The van der Waals surface area contributed by atoms with E-state index in [-0.39, 0.29) is 5.56 Å². The van der Waals surface area contributed by atoms with Crippen LogP contribution >= 0.6 is 0 Å². The molecule has 1 saturated heterocycles. The van der Waals surface area contributed by atoms with Crippen molar-refractivity contribution in [3.8, 4) is 11.4 Å². The fraction of sp³-hybridized carbons (Fsp3) is 0.545. The van der Waals surface area contributed by atoms with Crippen molar-refractivity contribution < 1.29 is 4.74 Å². The molecular formula is C22H29N3O2. The lowest BCUT2D eigenvalue weighted by Crippen LogP contribution is -2.25. The summed E-state index contributed by atoms with van der Waals surface area (Å²) in [6.07, 6.45) is 7.15. The van der Waals surface area contributed by atoms with Crippen molar-refractivity contribution in [1.82, 2.24) is 14.9 Å². The molecule has 5 heteroatoms. The summed E-state index contributed by atoms with van der Waals surface area (Å²) in [7, 11) is 0. The second-order valence-electron chi connectivity index (χ2n) is 7.88. The van der Waals surface area contributed by atoms with Gasteiger partial charge in [-0.1, -0.05) is 43.9 Å². The van der Waals surface area contributed by atoms with Crippen LogP contribution in [0.25, 0.3) is 11.4 Å². The van der Waals surface area contributed by atoms with Crippen molar-refractivity contribution in [2.75, 3.05) is 26.3 Å². The molecule has 2 aliphatic rings. The predicted octanol–water partition coefficient (Wildman–Crippen LogP) is 3.39. The van der Waals surface area contributed by atoms with Gasteiger partial charge in [0, 0.05) is 43.6 Å². The van der Waals surface area contributed by atoms with Gasteiger partial charge in [0.25, 0.3) is 5.56 Å². The van der Waals surface area contributed by atoms with E-state index >= 15 is 0 Å². The molecule has 1 aromatic carbocycles. The molecule has 1 saturated carbocycles. The highest BCUT2D eigenvalue weighted by molar-refractivity contribution is 5.56. The lowest BCUT2D eigenvalue weighted by molar-refractivity contribution is 0.140. The standard InChI is InChI=1S/C22H29N3O2/c26-21-15-20(14-17-5-1-2-6-17)23-22(24-21)19-8-3-7-18(13-19)16-25-9-4-11-27-12-10-25/h3,7-8,13,15,17H,1-2,4-6,9-12,14,16H2,(H,23,24,26). The van der Waals surface area contributed by atoms with Gasteiger partial charge in [-0.2, -0.15) is 0 Å². The molecule has 2 aromatic rings. The van der Waals surface area contributed by atoms with Crippen molar-refractivity contribution in [2.24, 2.45) is 5.92 Å². The lowest BCUT2D eigenvalue weighted by atomic mass is 10.0. The number of hydrogen-bond donors (Lipinski definition) is 1. The van der Waals surface area contributed by atoms with Gasteiger partial charge >= 0.3 is 0 Å². The summed E-state index contributed by atoms with van der Waals surface area (Å²) in [5, 5.41) is 0. The lowest BCUT2D eigenvalue weighted by Gasteiger charge is -2.19. The minimum Gasteiger partial charge on any atom is -0.380 e. The molecule has 1 aliphatic heterocycles. The molecule has 1 aromatic heterocycles. The third-order valence-corrected chi connectivity index (χ3v) is 5.69. The molecule has 0 bridgehead atoms. The van der Waals surface area contributed by atoms with Gasteiger partial charge in [-0.15, -0.1) is 0 Å². The SMILES string of the molecule is O=c1cc(CC2CCCC2)nc(-c2cccc(CN3CCCOCC3)c2)[nH]1. The average Bonchev–Trinajstić information content (AvgIpc) is 3.04. The number of rotatable bonds is 5. The second kappa shape index (κ2) is 8.81. The zero-order valence-corrected chi connectivity index (χ0v) is 16.0. The molecule has 0 amide bonds. The molecule has 0 spiro atoms. The van der Waals surface area contributed by atoms with Gasteiger partial charge in [0.05, 0.1) is 6.61 Å². The van der Waals surface area contributed by atoms with Crippen molar-refractivity contribution in [3.05, 3.63) is 51.9 Å². The van der Waals surface area contributed by atoms with E-state index in [4.69, 9.17) is 9.72 Å². The number of hydrogen-bond acceptors (Lipinski definition) is 4. The van der Waals surface area contributed by atoms with E-state index < -0.39 is 0 Å². The summed E-state index contributed by atoms with van der Waals surface area (Å²) < 4.78 is 5.54. The topological polar surface area (TPSA) is 58.2 Å². The Morgan fingerprint density at radius 1 is 1.11 bits per heavy atom. The molecule has 2 fully saturated rings. The van der Waals surface area contributed by atoms with Crippen LogP contribution in [0.15, 0.2) is 35.1 Å². The van der Waals surface area contributed by atoms with Crippen LogP contribution in [-0.4, -0.2) is 41.2 Å². The van der Waals surface area contributed by atoms with Crippen LogP contribution in [-0.2, 0) is 17.7 Å². The van der Waals surface area contributed by atoms with E-state index in [0.29, 0.717) is 11.7 Å². The molecule has 27 heavy (non-hydrogen) atoms. The Morgan fingerprint density at radius 3 is 2.89 bits per heavy atom. The first-order valence-corrected chi connectivity index (χ1v) is 10.3. The predicted molar refractivity (Wildman–Crippen MR) is 107 cm³/mol. The fourth-order valence-corrected chi connectivity index (χ4v) is 4.29. The van der Waals surface area contributed by atoms with E-state index in [2.05, 4.69) is 28.1 Å². The fourth-order valence-electron chi connectivity index (χ4n) is 4.29. The molecule has 0 atom stereocenters. The Bertz CT molecular complexity index is 803. The van der Waals surface area contributed by atoms with Gasteiger partial charge in [0.15, 0.2) is 0 Å². The Morgan fingerprint density at radius 2 is 2.00 bits per heavy atom. The summed E-state index contributed by atoms with van der Waals surface area (Å²) in [6, 6.07) is 10.1. The molecule has 4 rings (SSSR count). The maximum Gasteiger partial charge on any atom is 0.251 e. The summed E-state index contributed by atoms with van der Waals surface area (Å²) >= 11 is 0. The first-order valence-electron chi connectivity index (χ1n) is 10.3. The van der Waals surface area contributed by atoms with Crippen LogP contribution in [0.2, 0.25) is 0 Å².